The van der Waals surface area contributed by atoms with Crippen LogP contribution in [0.5, 0.6) is 0 Å². The number of benzene rings is 1. The van der Waals surface area contributed by atoms with Crippen LogP contribution >= 0.6 is 11.3 Å². The second kappa shape index (κ2) is 7.76. The zero-order valence-corrected chi connectivity index (χ0v) is 14.1. The van der Waals surface area contributed by atoms with Crippen LogP contribution in [0, 0.1) is 0 Å². The van der Waals surface area contributed by atoms with E-state index in [-0.39, 0.29) is 24.7 Å². The third kappa shape index (κ3) is 4.54. The maximum Gasteiger partial charge on any atom is 0.304 e. The summed E-state index contributed by atoms with van der Waals surface area (Å²) in [6, 6.07) is 11.1. The Morgan fingerprint density at radius 2 is 2.00 bits per heavy atom. The third-order valence-electron chi connectivity index (χ3n) is 3.78. The van der Waals surface area contributed by atoms with Gasteiger partial charge in [0.1, 0.15) is 0 Å². The van der Waals surface area contributed by atoms with Crippen LogP contribution in [0.1, 0.15) is 23.6 Å². The number of hydrogen-bond acceptors (Lipinski definition) is 4. The van der Waals surface area contributed by atoms with Crippen LogP contribution in [0.4, 0.5) is 5.69 Å². The van der Waals surface area contributed by atoms with Crippen molar-refractivity contribution in [3.8, 4) is 11.3 Å². The lowest BCUT2D eigenvalue weighted by molar-refractivity contribution is -0.137. The summed E-state index contributed by atoms with van der Waals surface area (Å²) in [5.41, 5.74) is 2.54. The number of nitrogens with one attached hydrogen (secondary N) is 2. The van der Waals surface area contributed by atoms with E-state index in [9.17, 15) is 9.59 Å². The molecule has 0 aliphatic carbocycles. The number of carbonyl (C=O) groups is 2. The number of thiophene rings is 1. The smallest absolute Gasteiger partial charge is 0.304 e. The standard InChI is InChI=1S/C18H17N3O3S/c22-17(8-13(9-18(23)24)16-2-1-7-25-16)21-14-5-3-12(4-6-14)15-10-19-11-20-15/h1-7,10-11,13H,8-9H2,(H,19,20)(H,21,22)(H,23,24). The number of carbonyl (C=O) groups excluding carboxylic acids is 1. The number of anilines is 1. The highest BCUT2D eigenvalue weighted by Gasteiger charge is 2.20. The van der Waals surface area contributed by atoms with Crippen molar-refractivity contribution in [2.75, 3.05) is 5.32 Å². The van der Waals surface area contributed by atoms with Crippen LogP contribution in [0.3, 0.4) is 0 Å². The lowest BCUT2D eigenvalue weighted by Gasteiger charge is -2.13. The molecule has 1 aromatic carbocycles. The summed E-state index contributed by atoms with van der Waals surface area (Å²) in [4.78, 5) is 31.3. The Morgan fingerprint density at radius 1 is 1.20 bits per heavy atom. The van der Waals surface area contributed by atoms with Gasteiger partial charge in [0.05, 0.1) is 24.6 Å². The van der Waals surface area contributed by atoms with Crippen LogP contribution < -0.4 is 5.32 Å². The van der Waals surface area contributed by atoms with E-state index in [1.54, 1.807) is 12.5 Å². The first-order valence-electron chi connectivity index (χ1n) is 7.75. The summed E-state index contributed by atoms with van der Waals surface area (Å²) in [5.74, 6) is -1.43. The second-order valence-electron chi connectivity index (χ2n) is 5.61. The maximum atomic E-state index is 12.3. The Bertz CT molecular complexity index is 827. The first kappa shape index (κ1) is 16.9. The summed E-state index contributed by atoms with van der Waals surface area (Å²) >= 11 is 1.47. The molecule has 128 valence electrons. The van der Waals surface area contributed by atoms with Gasteiger partial charge in [0, 0.05) is 22.9 Å². The lowest BCUT2D eigenvalue weighted by atomic mass is 9.99. The van der Waals surface area contributed by atoms with Gasteiger partial charge in [-0.1, -0.05) is 18.2 Å². The quantitative estimate of drug-likeness (QED) is 0.602. The monoisotopic (exact) mass is 355 g/mol. The molecule has 0 aliphatic rings. The van der Waals surface area contributed by atoms with Crippen molar-refractivity contribution in [2.45, 2.75) is 18.8 Å². The van der Waals surface area contributed by atoms with E-state index < -0.39 is 5.97 Å². The Kier molecular flexibility index (Phi) is 5.25. The average molecular weight is 355 g/mol. The molecule has 0 spiro atoms. The van der Waals surface area contributed by atoms with Crippen LogP contribution in [-0.4, -0.2) is 27.0 Å². The lowest BCUT2D eigenvalue weighted by Crippen LogP contribution is -2.17. The van der Waals surface area contributed by atoms with Crippen molar-refractivity contribution in [1.29, 1.82) is 0 Å². The number of imidazole rings is 1. The zero-order valence-electron chi connectivity index (χ0n) is 13.3. The molecule has 3 rings (SSSR count). The van der Waals surface area contributed by atoms with E-state index in [2.05, 4.69) is 15.3 Å². The van der Waals surface area contributed by atoms with Gasteiger partial charge >= 0.3 is 5.97 Å². The summed E-state index contributed by atoms with van der Waals surface area (Å²) in [5, 5.41) is 13.8. The topological polar surface area (TPSA) is 95.1 Å². The van der Waals surface area contributed by atoms with E-state index in [0.717, 1.165) is 16.1 Å². The van der Waals surface area contributed by atoms with E-state index in [4.69, 9.17) is 5.11 Å². The summed E-state index contributed by atoms with van der Waals surface area (Å²) in [7, 11) is 0. The van der Waals surface area contributed by atoms with E-state index in [0.29, 0.717) is 5.69 Å². The number of aliphatic carboxylic acids is 1. The summed E-state index contributed by atoms with van der Waals surface area (Å²) < 4.78 is 0. The van der Waals surface area contributed by atoms with Gasteiger partial charge in [0.2, 0.25) is 5.91 Å². The fourth-order valence-electron chi connectivity index (χ4n) is 2.59. The molecule has 2 aromatic heterocycles. The average Bonchev–Trinajstić information content (AvgIpc) is 3.28. The Labute approximate surface area is 148 Å². The summed E-state index contributed by atoms with van der Waals surface area (Å²) in [6.07, 6.45) is 3.41. The minimum atomic E-state index is -0.907. The van der Waals surface area contributed by atoms with E-state index in [1.807, 2.05) is 41.8 Å². The Balaban J connectivity index is 1.63. The van der Waals surface area contributed by atoms with Gasteiger partial charge in [-0.2, -0.15) is 0 Å². The largest absolute Gasteiger partial charge is 0.481 e. The van der Waals surface area contributed by atoms with Gasteiger partial charge in [-0.3, -0.25) is 9.59 Å². The van der Waals surface area contributed by atoms with Crippen molar-refractivity contribution >= 4 is 28.9 Å². The third-order valence-corrected chi connectivity index (χ3v) is 4.81. The molecule has 6 nitrogen and oxygen atoms in total. The van der Waals surface area contributed by atoms with Gasteiger partial charge in [0.25, 0.3) is 0 Å². The molecule has 1 unspecified atom stereocenters. The van der Waals surface area contributed by atoms with Gasteiger partial charge in [-0.15, -0.1) is 11.3 Å². The van der Waals surface area contributed by atoms with Crippen molar-refractivity contribution in [2.24, 2.45) is 0 Å². The molecule has 7 heteroatoms. The van der Waals surface area contributed by atoms with Gasteiger partial charge in [0.15, 0.2) is 0 Å². The molecular weight excluding hydrogens is 338 g/mol. The number of nitrogens with zero attached hydrogens (tertiary/aromatic N) is 1. The molecule has 2 heterocycles. The molecule has 0 bridgehead atoms. The van der Waals surface area contributed by atoms with Gasteiger partial charge in [-0.25, -0.2) is 4.98 Å². The molecule has 0 radical (unpaired) electrons. The Hall–Kier alpha value is -2.93. The molecule has 3 aromatic rings. The highest BCUT2D eigenvalue weighted by atomic mass is 32.1. The first-order valence-corrected chi connectivity index (χ1v) is 8.63. The second-order valence-corrected chi connectivity index (χ2v) is 6.58. The highest BCUT2D eigenvalue weighted by Crippen LogP contribution is 2.28. The number of carboxylic acid groups (broad SMARTS) is 1. The minimum Gasteiger partial charge on any atom is -0.481 e. The number of carboxylic acids is 1. The molecule has 0 fully saturated rings. The molecule has 0 saturated carbocycles. The minimum absolute atomic E-state index is 0.0628. The predicted molar refractivity (Wildman–Crippen MR) is 96.6 cm³/mol. The highest BCUT2D eigenvalue weighted by molar-refractivity contribution is 7.10. The number of aromatic amines is 1. The summed E-state index contributed by atoms with van der Waals surface area (Å²) in [6.45, 7) is 0. The zero-order chi connectivity index (χ0) is 17.6. The van der Waals surface area contributed by atoms with Crippen molar-refractivity contribution in [1.82, 2.24) is 9.97 Å². The van der Waals surface area contributed by atoms with Crippen LogP contribution in [0.2, 0.25) is 0 Å². The number of hydrogen-bond donors (Lipinski definition) is 3. The van der Waals surface area contributed by atoms with Crippen LogP contribution in [0.15, 0.2) is 54.3 Å². The van der Waals surface area contributed by atoms with E-state index >= 15 is 0 Å². The molecular formula is C18H17N3O3S. The Morgan fingerprint density at radius 3 is 2.60 bits per heavy atom. The molecule has 3 N–H and O–H groups in total. The first-order chi connectivity index (χ1) is 12.1. The van der Waals surface area contributed by atoms with Crippen LogP contribution in [0.25, 0.3) is 11.3 Å². The van der Waals surface area contributed by atoms with Gasteiger partial charge in [-0.05, 0) is 29.1 Å². The SMILES string of the molecule is O=C(O)CC(CC(=O)Nc1ccc(-c2cnc[nH]2)cc1)c1cccs1. The molecule has 25 heavy (non-hydrogen) atoms. The number of aromatic nitrogens is 2. The fourth-order valence-corrected chi connectivity index (χ4v) is 3.42. The molecule has 0 saturated heterocycles. The number of rotatable bonds is 7. The van der Waals surface area contributed by atoms with Gasteiger partial charge < -0.3 is 15.4 Å². The van der Waals surface area contributed by atoms with Crippen molar-refractivity contribution < 1.29 is 14.7 Å². The fraction of sp³-hybridized carbons (Fsp3) is 0.167. The normalized spacial score (nSPS) is 11.8. The number of H-pyrrole nitrogens is 1. The van der Waals surface area contributed by atoms with Crippen LogP contribution in [-0.2, 0) is 9.59 Å². The number of amides is 1. The maximum absolute atomic E-state index is 12.3. The molecule has 0 aliphatic heterocycles. The van der Waals surface area contributed by atoms with Crippen molar-refractivity contribution in [3.05, 3.63) is 59.2 Å². The predicted octanol–water partition coefficient (Wildman–Crippen LogP) is 3.73. The van der Waals surface area contributed by atoms with Crippen molar-refractivity contribution in [3.63, 3.8) is 0 Å². The molecule has 1 amide bonds. The molecule has 1 atom stereocenters. The van der Waals surface area contributed by atoms with E-state index in [1.165, 1.54) is 11.3 Å².